The second kappa shape index (κ2) is 7.27. The van der Waals surface area contributed by atoms with E-state index >= 15 is 0 Å². The minimum Gasteiger partial charge on any atom is -0.375 e. The zero-order chi connectivity index (χ0) is 21.9. The van der Waals surface area contributed by atoms with Crippen LogP contribution in [0.5, 0.6) is 0 Å². The minimum atomic E-state index is 0.0250. The fourth-order valence-electron chi connectivity index (χ4n) is 5.51. The van der Waals surface area contributed by atoms with Gasteiger partial charge in [0.05, 0.1) is 15.9 Å². The van der Waals surface area contributed by atoms with E-state index in [1.165, 1.54) is 35.1 Å². The van der Waals surface area contributed by atoms with Crippen LogP contribution >= 0.6 is 11.3 Å². The van der Waals surface area contributed by atoms with Crippen LogP contribution in [0.3, 0.4) is 0 Å². The van der Waals surface area contributed by atoms with Crippen molar-refractivity contribution in [2.75, 3.05) is 36.8 Å². The van der Waals surface area contributed by atoms with E-state index in [1.807, 2.05) is 4.90 Å². The Morgan fingerprint density at radius 1 is 1.16 bits per heavy atom. The van der Waals surface area contributed by atoms with Gasteiger partial charge in [0.25, 0.3) is 0 Å². The molecule has 2 aliphatic heterocycles. The first-order chi connectivity index (χ1) is 15.5. The predicted molar refractivity (Wildman–Crippen MR) is 128 cm³/mol. The van der Waals surface area contributed by atoms with Crippen LogP contribution in [-0.2, 0) is 17.6 Å². The minimum absolute atomic E-state index is 0.0250. The molecule has 32 heavy (non-hydrogen) atoms. The number of aromatic nitrogens is 3. The number of amides is 1. The van der Waals surface area contributed by atoms with Gasteiger partial charge >= 0.3 is 0 Å². The first-order valence-corrected chi connectivity index (χ1v) is 12.1. The SMILES string of the molecule is C=CC(=O)N1CC2(CCN(c3nc4c(c(-c5cccc6sc(N)nc56)n3)CCCC4)C2)C1. The summed E-state index contributed by atoms with van der Waals surface area (Å²) in [6, 6.07) is 6.24. The molecule has 3 aliphatic rings. The molecule has 2 saturated heterocycles. The van der Waals surface area contributed by atoms with Gasteiger partial charge in [0.15, 0.2) is 5.13 Å². The van der Waals surface area contributed by atoms with Gasteiger partial charge in [-0.1, -0.05) is 30.0 Å². The van der Waals surface area contributed by atoms with Gasteiger partial charge in [-0.2, -0.15) is 0 Å². The van der Waals surface area contributed by atoms with Crippen LogP contribution in [0.4, 0.5) is 11.1 Å². The van der Waals surface area contributed by atoms with Crippen molar-refractivity contribution in [1.82, 2.24) is 19.9 Å². The number of anilines is 2. The maximum Gasteiger partial charge on any atom is 0.245 e. The molecule has 1 aromatic carbocycles. The fourth-order valence-corrected chi connectivity index (χ4v) is 6.28. The highest BCUT2D eigenvalue weighted by molar-refractivity contribution is 7.22. The average Bonchev–Trinajstić information content (AvgIpc) is 3.40. The molecule has 0 atom stereocenters. The van der Waals surface area contributed by atoms with Crippen molar-refractivity contribution in [2.24, 2.45) is 5.41 Å². The zero-order valence-electron chi connectivity index (χ0n) is 18.0. The summed E-state index contributed by atoms with van der Waals surface area (Å²) >= 11 is 1.52. The summed E-state index contributed by atoms with van der Waals surface area (Å²) in [5.41, 5.74) is 11.6. The summed E-state index contributed by atoms with van der Waals surface area (Å²) in [5, 5.41) is 0.584. The van der Waals surface area contributed by atoms with E-state index in [0.29, 0.717) is 5.13 Å². The second-order valence-electron chi connectivity index (χ2n) is 9.28. The molecule has 8 heteroatoms. The van der Waals surface area contributed by atoms with Gasteiger partial charge in [0, 0.05) is 48.4 Å². The number of thiazole rings is 1. The number of hydrogen-bond acceptors (Lipinski definition) is 7. The number of carbonyl (C=O) groups is 1. The molecular weight excluding hydrogens is 420 g/mol. The highest BCUT2D eigenvalue weighted by atomic mass is 32.1. The Kier molecular flexibility index (Phi) is 4.47. The standard InChI is InChI=1S/C24H26N6OS/c1-2-19(31)30-13-24(14-30)10-11-29(12-24)23-26-17-8-4-3-6-15(17)20(28-23)16-7-5-9-18-21(16)27-22(25)32-18/h2,5,7,9H,1,3-4,6,8,10-14H2,(H2,25,27). The molecule has 2 fully saturated rings. The highest BCUT2D eigenvalue weighted by Crippen LogP contribution is 2.42. The summed E-state index contributed by atoms with van der Waals surface area (Å²) in [5.74, 6) is 0.836. The van der Waals surface area contributed by atoms with E-state index in [0.717, 1.165) is 79.3 Å². The highest BCUT2D eigenvalue weighted by Gasteiger charge is 2.49. The molecular formula is C24H26N6OS. The van der Waals surface area contributed by atoms with Gasteiger partial charge in [-0.25, -0.2) is 15.0 Å². The summed E-state index contributed by atoms with van der Waals surface area (Å²) in [6.45, 7) is 7.01. The van der Waals surface area contributed by atoms with Crippen molar-refractivity contribution in [3.8, 4) is 11.3 Å². The van der Waals surface area contributed by atoms with Crippen LogP contribution in [0.15, 0.2) is 30.9 Å². The Bertz CT molecular complexity index is 1240. The molecule has 164 valence electrons. The maximum absolute atomic E-state index is 11.9. The third kappa shape index (κ3) is 3.08. The molecule has 1 aliphatic carbocycles. The molecule has 2 aromatic heterocycles. The Morgan fingerprint density at radius 2 is 2.00 bits per heavy atom. The van der Waals surface area contributed by atoms with Crippen LogP contribution in [0.25, 0.3) is 21.5 Å². The summed E-state index contributed by atoms with van der Waals surface area (Å²) in [6.07, 6.45) is 6.79. The van der Waals surface area contributed by atoms with Gasteiger partial charge in [0.2, 0.25) is 11.9 Å². The van der Waals surface area contributed by atoms with Crippen LogP contribution in [-0.4, -0.2) is 51.9 Å². The van der Waals surface area contributed by atoms with Gasteiger partial charge in [-0.3, -0.25) is 4.79 Å². The molecule has 3 aromatic rings. The van der Waals surface area contributed by atoms with Crippen molar-refractivity contribution in [2.45, 2.75) is 32.1 Å². The Morgan fingerprint density at radius 3 is 2.84 bits per heavy atom. The number of rotatable bonds is 3. The number of benzene rings is 1. The normalized spacial score (nSPS) is 19.2. The molecule has 0 unspecified atom stereocenters. The van der Waals surface area contributed by atoms with E-state index in [4.69, 9.17) is 15.7 Å². The van der Waals surface area contributed by atoms with Crippen LogP contribution < -0.4 is 10.6 Å². The topological polar surface area (TPSA) is 88.2 Å². The number of likely N-dealkylation sites (tertiary alicyclic amines) is 1. The van der Waals surface area contributed by atoms with E-state index in [-0.39, 0.29) is 11.3 Å². The number of carbonyl (C=O) groups excluding carboxylic acids is 1. The largest absolute Gasteiger partial charge is 0.375 e. The lowest BCUT2D eigenvalue weighted by Crippen LogP contribution is -2.59. The fraction of sp³-hybridized carbons (Fsp3) is 0.417. The Hall–Kier alpha value is -3.00. The molecule has 0 radical (unpaired) electrons. The quantitative estimate of drug-likeness (QED) is 0.620. The van der Waals surface area contributed by atoms with Crippen molar-refractivity contribution >= 4 is 38.5 Å². The molecule has 4 heterocycles. The number of fused-ring (bicyclic) bond motifs is 2. The lowest BCUT2D eigenvalue weighted by molar-refractivity contribution is -0.136. The smallest absolute Gasteiger partial charge is 0.245 e. The van der Waals surface area contributed by atoms with E-state index in [1.54, 1.807) is 0 Å². The summed E-state index contributed by atoms with van der Waals surface area (Å²) in [4.78, 5) is 30.9. The number of nitrogens with two attached hydrogens (primary N) is 1. The van der Waals surface area contributed by atoms with Crippen molar-refractivity contribution < 1.29 is 4.79 Å². The molecule has 2 N–H and O–H groups in total. The average molecular weight is 447 g/mol. The summed E-state index contributed by atoms with van der Waals surface area (Å²) in [7, 11) is 0. The number of hydrogen-bond donors (Lipinski definition) is 1. The number of aryl methyl sites for hydroxylation is 1. The first kappa shape index (κ1) is 19.7. The van der Waals surface area contributed by atoms with E-state index in [9.17, 15) is 4.79 Å². The van der Waals surface area contributed by atoms with Gasteiger partial charge in [-0.15, -0.1) is 0 Å². The van der Waals surface area contributed by atoms with Crippen LogP contribution in [0.2, 0.25) is 0 Å². The first-order valence-electron chi connectivity index (χ1n) is 11.3. The zero-order valence-corrected chi connectivity index (χ0v) is 18.8. The molecule has 7 nitrogen and oxygen atoms in total. The predicted octanol–water partition coefficient (Wildman–Crippen LogP) is 3.44. The number of nitrogens with zero attached hydrogens (tertiary/aromatic N) is 5. The van der Waals surface area contributed by atoms with E-state index < -0.39 is 0 Å². The van der Waals surface area contributed by atoms with Crippen molar-refractivity contribution in [3.63, 3.8) is 0 Å². The Labute approximate surface area is 191 Å². The van der Waals surface area contributed by atoms with Gasteiger partial charge < -0.3 is 15.5 Å². The van der Waals surface area contributed by atoms with Crippen molar-refractivity contribution in [1.29, 1.82) is 0 Å². The molecule has 0 bridgehead atoms. The lowest BCUT2D eigenvalue weighted by Gasteiger charge is -2.47. The Balaban J connectivity index is 1.38. The van der Waals surface area contributed by atoms with Gasteiger partial charge in [-0.05, 0) is 44.2 Å². The number of nitrogen functional groups attached to an aromatic ring is 1. The lowest BCUT2D eigenvalue weighted by atomic mass is 9.79. The molecule has 6 rings (SSSR count). The second-order valence-corrected chi connectivity index (χ2v) is 10.3. The van der Waals surface area contributed by atoms with Crippen LogP contribution in [0, 0.1) is 5.41 Å². The van der Waals surface area contributed by atoms with Gasteiger partial charge in [0.1, 0.15) is 0 Å². The molecule has 1 amide bonds. The molecule has 0 saturated carbocycles. The monoisotopic (exact) mass is 446 g/mol. The molecule has 1 spiro atoms. The summed E-state index contributed by atoms with van der Waals surface area (Å²) < 4.78 is 1.09. The third-order valence-corrected chi connectivity index (χ3v) is 7.97. The van der Waals surface area contributed by atoms with E-state index in [2.05, 4.69) is 34.7 Å². The number of para-hydroxylation sites is 1. The maximum atomic E-state index is 11.9. The third-order valence-electron chi connectivity index (χ3n) is 7.12. The van der Waals surface area contributed by atoms with Crippen LogP contribution in [0.1, 0.15) is 30.5 Å². The van der Waals surface area contributed by atoms with Crippen molar-refractivity contribution in [3.05, 3.63) is 42.1 Å².